The number of aliphatic hydroxyl groups is 1. The number of amides is 1. The fraction of sp³-hybridized carbons (Fsp3) is 0.278. The van der Waals surface area contributed by atoms with Gasteiger partial charge in [0.05, 0.1) is 0 Å². The summed E-state index contributed by atoms with van der Waals surface area (Å²) >= 11 is 0. The van der Waals surface area contributed by atoms with Crippen molar-refractivity contribution in [2.45, 2.75) is 12.0 Å². The standard InChI is InChI=1S/C18H21NO3/c1-22-14-8-13-19-17(20)18(21,15-9-4-2-5-10-15)16-11-6-3-7-12-16/h2-7,9-12,21H,8,13-14H2,1H3,(H,19,20). The minimum atomic E-state index is -1.70. The summed E-state index contributed by atoms with van der Waals surface area (Å²) in [7, 11) is 1.62. The molecule has 2 aromatic carbocycles. The van der Waals surface area contributed by atoms with Gasteiger partial charge >= 0.3 is 0 Å². The van der Waals surface area contributed by atoms with Crippen molar-refractivity contribution in [2.24, 2.45) is 0 Å². The maximum Gasteiger partial charge on any atom is 0.261 e. The number of rotatable bonds is 7. The van der Waals surface area contributed by atoms with Crippen molar-refractivity contribution < 1.29 is 14.6 Å². The Morgan fingerprint density at radius 3 is 2.00 bits per heavy atom. The highest BCUT2D eigenvalue weighted by atomic mass is 16.5. The van der Waals surface area contributed by atoms with Gasteiger partial charge in [0, 0.05) is 20.3 Å². The Labute approximate surface area is 130 Å². The highest BCUT2D eigenvalue weighted by Crippen LogP contribution is 2.29. The Kier molecular flexibility index (Phi) is 5.69. The molecule has 1 amide bonds. The van der Waals surface area contributed by atoms with Gasteiger partial charge in [0.15, 0.2) is 5.60 Å². The lowest BCUT2D eigenvalue weighted by molar-refractivity contribution is -0.136. The normalized spacial score (nSPS) is 11.2. The van der Waals surface area contributed by atoms with E-state index in [2.05, 4.69) is 5.32 Å². The highest BCUT2D eigenvalue weighted by Gasteiger charge is 2.39. The lowest BCUT2D eigenvalue weighted by atomic mass is 9.85. The second kappa shape index (κ2) is 7.73. The molecular weight excluding hydrogens is 278 g/mol. The minimum absolute atomic E-state index is 0.430. The van der Waals surface area contributed by atoms with Crippen molar-refractivity contribution in [1.82, 2.24) is 5.32 Å². The zero-order chi connectivity index (χ0) is 15.8. The minimum Gasteiger partial charge on any atom is -0.385 e. The van der Waals surface area contributed by atoms with Crippen LogP contribution in [-0.2, 0) is 15.1 Å². The van der Waals surface area contributed by atoms with Gasteiger partial charge in [-0.1, -0.05) is 60.7 Å². The Balaban J connectivity index is 2.28. The SMILES string of the molecule is COCCCNC(=O)C(O)(c1ccccc1)c1ccccc1. The van der Waals surface area contributed by atoms with Gasteiger partial charge in [-0.15, -0.1) is 0 Å². The largest absolute Gasteiger partial charge is 0.385 e. The smallest absolute Gasteiger partial charge is 0.261 e. The molecule has 0 radical (unpaired) electrons. The van der Waals surface area contributed by atoms with Gasteiger partial charge in [-0.25, -0.2) is 0 Å². The third-order valence-electron chi connectivity index (χ3n) is 3.52. The summed E-state index contributed by atoms with van der Waals surface area (Å²) in [6, 6.07) is 17.9. The van der Waals surface area contributed by atoms with Crippen LogP contribution in [0.3, 0.4) is 0 Å². The Hall–Kier alpha value is -2.17. The van der Waals surface area contributed by atoms with Gasteiger partial charge in [-0.3, -0.25) is 4.79 Å². The molecule has 0 aliphatic rings. The number of hydrogen-bond donors (Lipinski definition) is 2. The maximum atomic E-state index is 12.6. The molecule has 0 atom stereocenters. The van der Waals surface area contributed by atoms with Gasteiger partial charge in [0.25, 0.3) is 5.91 Å². The number of ether oxygens (including phenoxy) is 1. The van der Waals surface area contributed by atoms with Crippen molar-refractivity contribution in [3.05, 3.63) is 71.8 Å². The second-order valence-corrected chi connectivity index (χ2v) is 5.04. The molecule has 0 aliphatic carbocycles. The van der Waals surface area contributed by atoms with Crippen LogP contribution in [0.5, 0.6) is 0 Å². The van der Waals surface area contributed by atoms with Crippen molar-refractivity contribution in [2.75, 3.05) is 20.3 Å². The number of methoxy groups -OCH3 is 1. The zero-order valence-corrected chi connectivity index (χ0v) is 12.7. The fourth-order valence-corrected chi connectivity index (χ4v) is 2.33. The topological polar surface area (TPSA) is 58.6 Å². The first-order chi connectivity index (χ1) is 10.7. The molecule has 2 aromatic rings. The van der Waals surface area contributed by atoms with E-state index in [0.29, 0.717) is 30.7 Å². The van der Waals surface area contributed by atoms with E-state index in [9.17, 15) is 9.90 Å². The van der Waals surface area contributed by atoms with E-state index >= 15 is 0 Å². The van der Waals surface area contributed by atoms with Crippen LogP contribution in [-0.4, -0.2) is 31.3 Å². The molecule has 116 valence electrons. The summed E-state index contributed by atoms with van der Waals surface area (Å²) in [6.45, 7) is 1.02. The summed E-state index contributed by atoms with van der Waals surface area (Å²) in [5.74, 6) is -0.430. The average Bonchev–Trinajstić information content (AvgIpc) is 2.59. The highest BCUT2D eigenvalue weighted by molar-refractivity contribution is 5.90. The molecule has 0 unspecified atom stereocenters. The Bertz CT molecular complexity index is 544. The first kappa shape index (κ1) is 16.2. The van der Waals surface area contributed by atoms with Crippen LogP contribution in [0, 0.1) is 0 Å². The van der Waals surface area contributed by atoms with Crippen LogP contribution in [0.2, 0.25) is 0 Å². The van der Waals surface area contributed by atoms with Gasteiger partial charge < -0.3 is 15.2 Å². The van der Waals surface area contributed by atoms with Crippen molar-refractivity contribution >= 4 is 5.91 Å². The van der Waals surface area contributed by atoms with Crippen LogP contribution in [0.4, 0.5) is 0 Å². The number of carbonyl (C=O) groups excluding carboxylic acids is 1. The first-order valence-corrected chi connectivity index (χ1v) is 7.30. The molecule has 0 spiro atoms. The van der Waals surface area contributed by atoms with Crippen molar-refractivity contribution in [3.63, 3.8) is 0 Å². The molecule has 0 saturated carbocycles. The van der Waals surface area contributed by atoms with Crippen molar-refractivity contribution in [1.29, 1.82) is 0 Å². The molecule has 2 rings (SSSR count). The molecule has 0 aliphatic heterocycles. The molecule has 0 fully saturated rings. The molecule has 22 heavy (non-hydrogen) atoms. The quantitative estimate of drug-likeness (QED) is 0.770. The summed E-state index contributed by atoms with van der Waals surface area (Å²) in [4.78, 5) is 12.6. The summed E-state index contributed by atoms with van der Waals surface area (Å²) < 4.78 is 4.96. The number of carbonyl (C=O) groups is 1. The van der Waals surface area contributed by atoms with Crippen LogP contribution in [0.1, 0.15) is 17.5 Å². The lowest BCUT2D eigenvalue weighted by Gasteiger charge is -2.28. The first-order valence-electron chi connectivity index (χ1n) is 7.30. The second-order valence-electron chi connectivity index (χ2n) is 5.04. The van der Waals surface area contributed by atoms with E-state index in [-0.39, 0.29) is 0 Å². The molecule has 4 nitrogen and oxygen atoms in total. The molecule has 0 heterocycles. The third kappa shape index (κ3) is 3.53. The Morgan fingerprint density at radius 2 is 1.55 bits per heavy atom. The lowest BCUT2D eigenvalue weighted by Crippen LogP contribution is -2.45. The van der Waals surface area contributed by atoms with Gasteiger partial charge in [0.2, 0.25) is 0 Å². The summed E-state index contributed by atoms with van der Waals surface area (Å²) in [5.41, 5.74) is -0.605. The predicted molar refractivity (Wildman–Crippen MR) is 85.4 cm³/mol. The molecule has 0 bridgehead atoms. The maximum absolute atomic E-state index is 12.6. The van der Waals surface area contributed by atoms with Gasteiger partial charge in [-0.2, -0.15) is 0 Å². The molecule has 4 heteroatoms. The number of benzene rings is 2. The van der Waals surface area contributed by atoms with Crippen molar-refractivity contribution in [3.8, 4) is 0 Å². The van der Waals surface area contributed by atoms with Crippen LogP contribution < -0.4 is 5.32 Å². The van der Waals surface area contributed by atoms with E-state index in [4.69, 9.17) is 4.74 Å². The number of nitrogens with one attached hydrogen (secondary N) is 1. The molecule has 0 aromatic heterocycles. The fourth-order valence-electron chi connectivity index (χ4n) is 2.33. The van der Waals surface area contributed by atoms with E-state index < -0.39 is 11.5 Å². The Morgan fingerprint density at radius 1 is 1.05 bits per heavy atom. The third-order valence-corrected chi connectivity index (χ3v) is 3.52. The van der Waals surface area contributed by atoms with Crippen LogP contribution >= 0.6 is 0 Å². The van der Waals surface area contributed by atoms with Crippen LogP contribution in [0.25, 0.3) is 0 Å². The van der Waals surface area contributed by atoms with Gasteiger partial charge in [-0.05, 0) is 17.5 Å². The summed E-state index contributed by atoms with van der Waals surface area (Å²) in [5, 5.41) is 13.9. The number of hydrogen-bond acceptors (Lipinski definition) is 3. The van der Waals surface area contributed by atoms with E-state index in [1.807, 2.05) is 12.1 Å². The average molecular weight is 299 g/mol. The van der Waals surface area contributed by atoms with E-state index in [1.54, 1.807) is 55.6 Å². The zero-order valence-electron chi connectivity index (χ0n) is 12.7. The predicted octanol–water partition coefficient (Wildman–Crippen LogP) is 2.08. The van der Waals surface area contributed by atoms with E-state index in [0.717, 1.165) is 0 Å². The van der Waals surface area contributed by atoms with Gasteiger partial charge in [0.1, 0.15) is 0 Å². The van der Waals surface area contributed by atoms with E-state index in [1.165, 1.54) is 0 Å². The monoisotopic (exact) mass is 299 g/mol. The molecular formula is C18H21NO3. The van der Waals surface area contributed by atoms with Crippen LogP contribution in [0.15, 0.2) is 60.7 Å². The molecule has 2 N–H and O–H groups in total. The molecule has 0 saturated heterocycles. The summed E-state index contributed by atoms with van der Waals surface area (Å²) in [6.07, 6.45) is 0.696.